The van der Waals surface area contributed by atoms with Crippen molar-refractivity contribution in [2.24, 2.45) is 4.99 Å². The van der Waals surface area contributed by atoms with Gasteiger partial charge in [-0.3, -0.25) is 9.69 Å². The van der Waals surface area contributed by atoms with Crippen molar-refractivity contribution in [3.8, 4) is 11.5 Å². The second-order valence-electron chi connectivity index (χ2n) is 5.66. The lowest BCUT2D eigenvalue weighted by molar-refractivity contribution is -0.121. The monoisotopic (exact) mass is 386 g/mol. The summed E-state index contributed by atoms with van der Waals surface area (Å²) in [7, 11) is 3.19. The molecule has 1 heterocycles. The van der Waals surface area contributed by atoms with E-state index < -0.39 is 5.82 Å². The second-order valence-corrected chi connectivity index (χ2v) is 6.67. The fourth-order valence-electron chi connectivity index (χ4n) is 2.50. The minimum Gasteiger partial charge on any atom is -0.493 e. The van der Waals surface area contributed by atoms with Crippen LogP contribution in [0.4, 0.5) is 10.1 Å². The largest absolute Gasteiger partial charge is 0.493 e. The van der Waals surface area contributed by atoms with E-state index in [2.05, 4.69) is 4.99 Å². The van der Waals surface area contributed by atoms with Crippen LogP contribution in [0.15, 0.2) is 52.4 Å². The number of amidine groups is 1. The van der Waals surface area contributed by atoms with Crippen molar-refractivity contribution in [1.29, 1.82) is 0 Å². The lowest BCUT2D eigenvalue weighted by atomic mass is 10.2. The van der Waals surface area contributed by atoms with E-state index in [1.165, 1.54) is 22.7 Å². The van der Waals surface area contributed by atoms with Gasteiger partial charge in [-0.1, -0.05) is 18.2 Å². The van der Waals surface area contributed by atoms with Gasteiger partial charge >= 0.3 is 0 Å². The molecule has 2 aromatic rings. The molecular formula is C20H19FN2O3S. The minimum absolute atomic E-state index is 0.192. The highest BCUT2D eigenvalue weighted by atomic mass is 32.2. The molecule has 7 heteroatoms. The van der Waals surface area contributed by atoms with Crippen LogP contribution in [-0.2, 0) is 4.79 Å². The van der Waals surface area contributed by atoms with E-state index in [9.17, 15) is 9.18 Å². The molecule has 1 amide bonds. The predicted octanol–water partition coefficient (Wildman–Crippen LogP) is 4.47. The molecule has 1 aliphatic rings. The molecule has 0 atom stereocenters. The Morgan fingerprint density at radius 2 is 2.00 bits per heavy atom. The number of nitrogens with zero attached hydrogens (tertiary/aromatic N) is 2. The van der Waals surface area contributed by atoms with Gasteiger partial charge in [0.15, 0.2) is 16.7 Å². The number of ether oxygens (including phenoxy) is 2. The van der Waals surface area contributed by atoms with Crippen molar-refractivity contribution in [2.45, 2.75) is 6.92 Å². The summed E-state index contributed by atoms with van der Waals surface area (Å²) in [5.41, 5.74) is 0.996. The molecule has 2 aromatic carbocycles. The van der Waals surface area contributed by atoms with Gasteiger partial charge in [0.25, 0.3) is 5.91 Å². The third-order valence-corrected chi connectivity index (χ3v) is 4.92. The number of amides is 1. The molecule has 140 valence electrons. The van der Waals surface area contributed by atoms with E-state index in [0.29, 0.717) is 28.2 Å². The minimum atomic E-state index is -0.430. The number of aliphatic imine (C=N–C) groups is 1. The standard InChI is InChI=1S/C20H19FN2O3S/c1-4-26-16-10-9-13(11-17(16)25-3)12-18-19(24)23(2)20(27-18)22-15-8-6-5-7-14(15)21/h5-12H,4H2,1-3H3/b18-12+,22-20?. The highest BCUT2D eigenvalue weighted by Gasteiger charge is 2.30. The van der Waals surface area contributed by atoms with Gasteiger partial charge in [0.1, 0.15) is 11.5 Å². The first-order chi connectivity index (χ1) is 13.0. The van der Waals surface area contributed by atoms with Crippen LogP contribution in [0.5, 0.6) is 11.5 Å². The van der Waals surface area contributed by atoms with Crippen LogP contribution in [0, 0.1) is 5.82 Å². The summed E-state index contributed by atoms with van der Waals surface area (Å²) in [6.45, 7) is 2.43. The van der Waals surface area contributed by atoms with Gasteiger partial charge in [0, 0.05) is 7.05 Å². The van der Waals surface area contributed by atoms with Gasteiger partial charge in [0.2, 0.25) is 0 Å². The molecule has 0 aromatic heterocycles. The summed E-state index contributed by atoms with van der Waals surface area (Å²) < 4.78 is 24.7. The zero-order valence-electron chi connectivity index (χ0n) is 15.2. The van der Waals surface area contributed by atoms with Crippen LogP contribution >= 0.6 is 11.8 Å². The molecule has 1 fully saturated rings. The van der Waals surface area contributed by atoms with Gasteiger partial charge in [0.05, 0.1) is 18.6 Å². The number of hydrogen-bond donors (Lipinski definition) is 0. The Balaban J connectivity index is 1.90. The average molecular weight is 386 g/mol. The van der Waals surface area contributed by atoms with E-state index in [-0.39, 0.29) is 11.6 Å². The van der Waals surface area contributed by atoms with E-state index in [4.69, 9.17) is 9.47 Å². The summed E-state index contributed by atoms with van der Waals surface area (Å²) in [5.74, 6) is 0.616. The zero-order valence-corrected chi connectivity index (χ0v) is 16.0. The van der Waals surface area contributed by atoms with E-state index in [1.54, 1.807) is 50.6 Å². The molecule has 0 spiro atoms. The summed E-state index contributed by atoms with van der Waals surface area (Å²) in [5, 5.41) is 0.425. The average Bonchev–Trinajstić information content (AvgIpc) is 2.93. The Hall–Kier alpha value is -2.80. The quantitative estimate of drug-likeness (QED) is 0.712. The third-order valence-electron chi connectivity index (χ3n) is 3.86. The number of methoxy groups -OCH3 is 1. The summed E-state index contributed by atoms with van der Waals surface area (Å²) in [4.78, 5) is 18.7. The number of halogens is 1. The third kappa shape index (κ3) is 4.14. The number of carbonyl (C=O) groups is 1. The molecule has 5 nitrogen and oxygen atoms in total. The van der Waals surface area contributed by atoms with Gasteiger partial charge < -0.3 is 9.47 Å². The maximum atomic E-state index is 13.8. The van der Waals surface area contributed by atoms with Gasteiger partial charge in [-0.05, 0) is 54.6 Å². The molecule has 0 saturated carbocycles. The van der Waals surface area contributed by atoms with Gasteiger partial charge in [-0.15, -0.1) is 0 Å². The van der Waals surface area contributed by atoms with Crippen molar-refractivity contribution in [2.75, 3.05) is 20.8 Å². The smallest absolute Gasteiger partial charge is 0.266 e. The van der Waals surface area contributed by atoms with E-state index in [1.807, 2.05) is 13.0 Å². The van der Waals surface area contributed by atoms with Crippen molar-refractivity contribution in [3.63, 3.8) is 0 Å². The Kier molecular flexibility index (Phi) is 5.81. The molecule has 3 rings (SSSR count). The number of rotatable bonds is 5. The number of carbonyl (C=O) groups excluding carboxylic acids is 1. The number of thioether (sulfide) groups is 1. The molecule has 1 saturated heterocycles. The van der Waals surface area contributed by atoms with Crippen LogP contribution in [0.2, 0.25) is 0 Å². The molecule has 0 aliphatic carbocycles. The van der Waals surface area contributed by atoms with Crippen LogP contribution < -0.4 is 9.47 Å². The van der Waals surface area contributed by atoms with Crippen molar-refractivity contribution in [1.82, 2.24) is 4.90 Å². The van der Waals surface area contributed by atoms with Crippen LogP contribution in [0.1, 0.15) is 12.5 Å². The molecule has 27 heavy (non-hydrogen) atoms. The Morgan fingerprint density at radius 3 is 2.70 bits per heavy atom. The maximum absolute atomic E-state index is 13.8. The lowest BCUT2D eigenvalue weighted by Gasteiger charge is -2.09. The fourth-order valence-corrected chi connectivity index (χ4v) is 3.48. The highest BCUT2D eigenvalue weighted by molar-refractivity contribution is 8.18. The number of benzene rings is 2. The first-order valence-corrected chi connectivity index (χ1v) is 9.16. The Labute approximate surface area is 161 Å². The lowest BCUT2D eigenvalue weighted by Crippen LogP contribution is -2.23. The SMILES string of the molecule is CCOc1ccc(/C=C2/SC(=Nc3ccccc3F)N(C)C2=O)cc1OC. The van der Waals surface area contributed by atoms with Crippen LogP contribution in [-0.4, -0.2) is 36.7 Å². The van der Waals surface area contributed by atoms with Crippen LogP contribution in [0.25, 0.3) is 6.08 Å². The Bertz CT molecular complexity index is 927. The molecule has 0 unspecified atom stereocenters. The molecule has 1 aliphatic heterocycles. The second kappa shape index (κ2) is 8.26. The van der Waals surface area contributed by atoms with Gasteiger partial charge in [-0.2, -0.15) is 0 Å². The predicted molar refractivity (Wildman–Crippen MR) is 106 cm³/mol. The van der Waals surface area contributed by atoms with Crippen LogP contribution in [0.3, 0.4) is 0 Å². The first-order valence-electron chi connectivity index (χ1n) is 8.35. The van der Waals surface area contributed by atoms with E-state index >= 15 is 0 Å². The number of likely N-dealkylation sites (N-methyl/N-ethyl adjacent to an activating group) is 1. The number of para-hydroxylation sites is 1. The maximum Gasteiger partial charge on any atom is 0.266 e. The number of hydrogen-bond acceptors (Lipinski definition) is 5. The first kappa shape index (κ1) is 19.0. The Morgan fingerprint density at radius 1 is 1.22 bits per heavy atom. The summed E-state index contributed by atoms with van der Waals surface area (Å²) in [6.07, 6.45) is 1.76. The van der Waals surface area contributed by atoms with E-state index in [0.717, 1.165) is 5.56 Å². The molecule has 0 N–H and O–H groups in total. The van der Waals surface area contributed by atoms with Crippen molar-refractivity contribution >= 4 is 34.6 Å². The summed E-state index contributed by atoms with van der Waals surface area (Å²) in [6, 6.07) is 11.7. The van der Waals surface area contributed by atoms with Crippen molar-refractivity contribution in [3.05, 3.63) is 58.8 Å². The van der Waals surface area contributed by atoms with Crippen molar-refractivity contribution < 1.29 is 18.7 Å². The summed E-state index contributed by atoms with van der Waals surface area (Å²) >= 11 is 1.20. The van der Waals surface area contributed by atoms with Gasteiger partial charge in [-0.25, -0.2) is 9.38 Å². The highest BCUT2D eigenvalue weighted by Crippen LogP contribution is 2.35. The molecule has 0 bridgehead atoms. The topological polar surface area (TPSA) is 51.1 Å². The molecular weight excluding hydrogens is 367 g/mol. The zero-order chi connectivity index (χ0) is 19.4. The normalized spacial score (nSPS) is 17.0. The molecule has 0 radical (unpaired) electrons. The fraction of sp³-hybridized carbons (Fsp3) is 0.200.